The number of imidazole rings is 1. The molecule has 29 heavy (non-hydrogen) atoms. The standard InChI is InChI=1S/C20H17N5O4/c1-27-13-6-4-12(5-7-13)18-23-19(29-24-18)16-9-14-15(22-11-21-14)10-25(16)20(26)17-3-2-8-28-17/h2-8,11,16H,9-10H2,1H3,(H,21,22)/t16-/m0/s1. The molecule has 0 aliphatic carbocycles. The van der Waals surface area contributed by atoms with E-state index in [0.29, 0.717) is 24.7 Å². The molecule has 5 rings (SSSR count). The van der Waals surface area contributed by atoms with Crippen LogP contribution in [0, 0.1) is 0 Å². The van der Waals surface area contributed by atoms with Gasteiger partial charge in [0.1, 0.15) is 11.8 Å². The molecular formula is C20H17N5O4. The van der Waals surface area contributed by atoms with E-state index in [1.807, 2.05) is 24.3 Å². The Morgan fingerprint density at radius 1 is 1.28 bits per heavy atom. The third-order valence-electron chi connectivity index (χ3n) is 4.97. The summed E-state index contributed by atoms with van der Waals surface area (Å²) in [4.78, 5) is 26.7. The van der Waals surface area contributed by atoms with Crippen LogP contribution in [0.25, 0.3) is 11.4 Å². The van der Waals surface area contributed by atoms with Crippen LogP contribution in [0.5, 0.6) is 5.75 Å². The normalized spacial score (nSPS) is 15.9. The quantitative estimate of drug-likeness (QED) is 0.569. The van der Waals surface area contributed by atoms with Gasteiger partial charge in [0.15, 0.2) is 5.76 Å². The summed E-state index contributed by atoms with van der Waals surface area (Å²) < 4.78 is 16.0. The molecule has 0 radical (unpaired) electrons. The van der Waals surface area contributed by atoms with Crippen molar-refractivity contribution in [3.8, 4) is 17.1 Å². The van der Waals surface area contributed by atoms with E-state index < -0.39 is 6.04 Å². The number of amides is 1. The number of H-pyrrole nitrogens is 1. The van der Waals surface area contributed by atoms with E-state index in [1.165, 1.54) is 6.26 Å². The van der Waals surface area contributed by atoms with Crippen LogP contribution in [-0.4, -0.2) is 38.0 Å². The molecule has 1 N–H and O–H groups in total. The fourth-order valence-corrected chi connectivity index (χ4v) is 3.44. The van der Waals surface area contributed by atoms with Crippen molar-refractivity contribution in [1.82, 2.24) is 25.0 Å². The number of ether oxygens (including phenoxy) is 1. The molecule has 4 heterocycles. The van der Waals surface area contributed by atoms with Crippen molar-refractivity contribution in [2.45, 2.75) is 19.0 Å². The predicted octanol–water partition coefficient (Wildman–Crippen LogP) is 3.00. The molecule has 1 amide bonds. The molecule has 0 saturated carbocycles. The van der Waals surface area contributed by atoms with Gasteiger partial charge in [0.05, 0.1) is 37.6 Å². The maximum atomic E-state index is 13.0. The maximum Gasteiger partial charge on any atom is 0.290 e. The molecule has 1 aliphatic heterocycles. The smallest absolute Gasteiger partial charge is 0.290 e. The lowest BCUT2D eigenvalue weighted by molar-refractivity contribution is 0.0557. The largest absolute Gasteiger partial charge is 0.497 e. The van der Waals surface area contributed by atoms with E-state index in [4.69, 9.17) is 13.7 Å². The van der Waals surface area contributed by atoms with Crippen molar-refractivity contribution in [2.75, 3.05) is 7.11 Å². The number of nitrogens with zero attached hydrogens (tertiary/aromatic N) is 4. The van der Waals surface area contributed by atoms with Crippen molar-refractivity contribution in [2.24, 2.45) is 0 Å². The molecular weight excluding hydrogens is 374 g/mol. The average molecular weight is 391 g/mol. The van der Waals surface area contributed by atoms with E-state index in [0.717, 1.165) is 22.7 Å². The number of carbonyl (C=O) groups excluding carboxylic acids is 1. The molecule has 146 valence electrons. The van der Waals surface area contributed by atoms with Gasteiger partial charge in [-0.15, -0.1) is 0 Å². The Balaban J connectivity index is 1.49. The Morgan fingerprint density at radius 3 is 2.90 bits per heavy atom. The topological polar surface area (TPSA) is 110 Å². The summed E-state index contributed by atoms with van der Waals surface area (Å²) in [6.07, 6.45) is 3.57. The van der Waals surface area contributed by atoms with Crippen molar-refractivity contribution in [3.05, 3.63) is 72.0 Å². The zero-order valence-electron chi connectivity index (χ0n) is 15.5. The van der Waals surface area contributed by atoms with Crippen molar-refractivity contribution in [3.63, 3.8) is 0 Å². The molecule has 0 bridgehead atoms. The number of fused-ring (bicyclic) bond motifs is 1. The third kappa shape index (κ3) is 3.06. The monoisotopic (exact) mass is 391 g/mol. The van der Waals surface area contributed by atoms with Crippen LogP contribution in [0.1, 0.15) is 33.9 Å². The second-order valence-corrected chi connectivity index (χ2v) is 6.64. The number of carbonyl (C=O) groups is 1. The van der Waals surface area contributed by atoms with E-state index in [2.05, 4.69) is 20.1 Å². The number of aromatic nitrogens is 4. The van der Waals surface area contributed by atoms with Crippen LogP contribution in [0.2, 0.25) is 0 Å². The summed E-state index contributed by atoms with van der Waals surface area (Å²) in [7, 11) is 1.61. The van der Waals surface area contributed by atoms with E-state index in [-0.39, 0.29) is 11.7 Å². The fraction of sp³-hybridized carbons (Fsp3) is 0.200. The molecule has 0 unspecified atom stereocenters. The molecule has 1 aliphatic rings. The van der Waals surface area contributed by atoms with Crippen LogP contribution in [0.15, 0.2) is 57.9 Å². The second-order valence-electron chi connectivity index (χ2n) is 6.64. The van der Waals surface area contributed by atoms with Gasteiger partial charge in [-0.1, -0.05) is 5.16 Å². The highest BCUT2D eigenvalue weighted by Gasteiger charge is 2.37. The Labute approximate surface area is 165 Å². The molecule has 9 nitrogen and oxygen atoms in total. The average Bonchev–Trinajstić information content (AvgIpc) is 3.53. The van der Waals surface area contributed by atoms with Crippen LogP contribution in [-0.2, 0) is 13.0 Å². The number of aromatic amines is 1. The maximum absolute atomic E-state index is 13.0. The van der Waals surface area contributed by atoms with Crippen LogP contribution in [0.3, 0.4) is 0 Å². The highest BCUT2D eigenvalue weighted by Crippen LogP contribution is 2.33. The molecule has 0 spiro atoms. The third-order valence-corrected chi connectivity index (χ3v) is 4.97. The number of hydrogen-bond donors (Lipinski definition) is 1. The molecule has 0 fully saturated rings. The minimum absolute atomic E-state index is 0.246. The summed E-state index contributed by atoms with van der Waals surface area (Å²) in [6.45, 7) is 0.347. The number of furan rings is 1. The van der Waals surface area contributed by atoms with Crippen LogP contribution < -0.4 is 4.74 Å². The van der Waals surface area contributed by atoms with Crippen molar-refractivity contribution < 1.29 is 18.5 Å². The van der Waals surface area contributed by atoms with Gasteiger partial charge >= 0.3 is 0 Å². The van der Waals surface area contributed by atoms with E-state index >= 15 is 0 Å². The first kappa shape index (κ1) is 17.2. The van der Waals surface area contributed by atoms with Crippen LogP contribution in [0.4, 0.5) is 0 Å². The summed E-state index contributed by atoms with van der Waals surface area (Å²) in [6, 6.07) is 10.2. The Kier molecular flexibility index (Phi) is 4.12. The molecule has 0 saturated heterocycles. The van der Waals surface area contributed by atoms with Gasteiger partial charge in [-0.25, -0.2) is 4.98 Å². The number of nitrogens with one attached hydrogen (secondary N) is 1. The second kappa shape index (κ2) is 6.93. The summed E-state index contributed by atoms with van der Waals surface area (Å²) in [5.41, 5.74) is 2.56. The Bertz CT molecular complexity index is 1130. The lowest BCUT2D eigenvalue weighted by Crippen LogP contribution is -2.39. The molecule has 1 aromatic carbocycles. The van der Waals surface area contributed by atoms with Gasteiger partial charge in [0, 0.05) is 12.0 Å². The number of hydrogen-bond acceptors (Lipinski definition) is 7. The number of rotatable bonds is 4. The summed E-state index contributed by atoms with van der Waals surface area (Å²) in [5.74, 6) is 1.55. The molecule has 4 aromatic rings. The summed E-state index contributed by atoms with van der Waals surface area (Å²) in [5, 5.41) is 4.10. The fourth-order valence-electron chi connectivity index (χ4n) is 3.44. The van der Waals surface area contributed by atoms with Gasteiger partial charge in [0.25, 0.3) is 5.91 Å². The van der Waals surface area contributed by atoms with Crippen LogP contribution >= 0.6 is 0 Å². The summed E-state index contributed by atoms with van der Waals surface area (Å²) >= 11 is 0. The first-order valence-corrected chi connectivity index (χ1v) is 9.06. The zero-order chi connectivity index (χ0) is 19.8. The Hall–Kier alpha value is -3.88. The first-order valence-electron chi connectivity index (χ1n) is 9.06. The minimum atomic E-state index is -0.442. The van der Waals surface area contributed by atoms with Crippen molar-refractivity contribution in [1.29, 1.82) is 0 Å². The van der Waals surface area contributed by atoms with Gasteiger partial charge in [-0.2, -0.15) is 4.98 Å². The van der Waals surface area contributed by atoms with Gasteiger partial charge in [-0.3, -0.25) is 4.79 Å². The van der Waals surface area contributed by atoms with E-state index in [9.17, 15) is 4.79 Å². The molecule has 3 aromatic heterocycles. The first-order chi connectivity index (χ1) is 14.2. The highest BCUT2D eigenvalue weighted by atomic mass is 16.5. The molecule has 9 heteroatoms. The lowest BCUT2D eigenvalue weighted by atomic mass is 10.0. The SMILES string of the molecule is COc1ccc(-c2noc([C@@H]3Cc4nc[nH]c4CN3C(=O)c3ccco3)n2)cc1. The van der Waals surface area contributed by atoms with Gasteiger partial charge in [-0.05, 0) is 36.4 Å². The predicted molar refractivity (Wildman–Crippen MR) is 99.9 cm³/mol. The Morgan fingerprint density at radius 2 is 2.14 bits per heavy atom. The lowest BCUT2D eigenvalue weighted by Gasteiger charge is -2.32. The van der Waals surface area contributed by atoms with Gasteiger partial charge in [0.2, 0.25) is 11.7 Å². The number of methoxy groups -OCH3 is 1. The molecule has 1 atom stereocenters. The van der Waals surface area contributed by atoms with E-state index in [1.54, 1.807) is 30.5 Å². The zero-order valence-corrected chi connectivity index (χ0v) is 15.5. The number of benzene rings is 1. The minimum Gasteiger partial charge on any atom is -0.497 e. The van der Waals surface area contributed by atoms with Crippen molar-refractivity contribution >= 4 is 5.91 Å². The van der Waals surface area contributed by atoms with Gasteiger partial charge < -0.3 is 23.6 Å². The highest BCUT2D eigenvalue weighted by molar-refractivity contribution is 5.91.